The molecule has 5 N–H and O–H groups in total. The molecule has 0 aromatic heterocycles. The van der Waals surface area contributed by atoms with Gasteiger partial charge >= 0.3 is 11.9 Å². The van der Waals surface area contributed by atoms with E-state index in [0.29, 0.717) is 29.8 Å². The van der Waals surface area contributed by atoms with Crippen molar-refractivity contribution in [3.05, 3.63) is 65.2 Å². The van der Waals surface area contributed by atoms with Crippen molar-refractivity contribution in [2.24, 2.45) is 0 Å². The number of esters is 2. The lowest BCUT2D eigenvalue weighted by atomic mass is 9.78. The quantitative estimate of drug-likeness (QED) is 0.189. The highest BCUT2D eigenvalue weighted by atomic mass is 16.6. The Morgan fingerprint density at radius 2 is 1.46 bits per heavy atom. The number of amides is 1. The van der Waals surface area contributed by atoms with Gasteiger partial charge in [-0.1, -0.05) is 18.2 Å². The fourth-order valence-corrected chi connectivity index (χ4v) is 4.97. The van der Waals surface area contributed by atoms with Crippen LogP contribution in [0.4, 0.5) is 0 Å². The van der Waals surface area contributed by atoms with Gasteiger partial charge in [0.25, 0.3) is 5.91 Å². The standard InChI is InChI=1S/C30H33NO10/c1-18-4-5-19(14-22(18)33)7-10-26(36)40-25-17-30(16-24(35)28(25)38,29(39)31-12-2-3-13-31)41-27(37)11-8-20-6-9-21(32)23(34)15-20/h4-11,14-15,24-25,28,32-35,38H,2-3,12-13,16-17H2,1H3/b10-7+,11-8+/t24-,25-,28-,30+/m1/s1. The van der Waals surface area contributed by atoms with E-state index in [0.717, 1.165) is 25.0 Å². The molecule has 41 heavy (non-hydrogen) atoms. The van der Waals surface area contributed by atoms with Crippen LogP contribution in [0.15, 0.2) is 48.6 Å². The summed E-state index contributed by atoms with van der Waals surface area (Å²) in [5, 5.41) is 50.4. The predicted molar refractivity (Wildman–Crippen MR) is 146 cm³/mol. The lowest BCUT2D eigenvalue weighted by Crippen LogP contribution is -2.61. The summed E-state index contributed by atoms with van der Waals surface area (Å²) >= 11 is 0. The molecule has 2 aliphatic rings. The van der Waals surface area contributed by atoms with Crippen LogP contribution in [0.3, 0.4) is 0 Å². The first kappa shape index (κ1) is 29.6. The minimum absolute atomic E-state index is 0.0506. The van der Waals surface area contributed by atoms with Gasteiger partial charge in [-0.2, -0.15) is 0 Å². The molecule has 1 heterocycles. The van der Waals surface area contributed by atoms with Gasteiger partial charge in [-0.3, -0.25) is 4.79 Å². The van der Waals surface area contributed by atoms with Crippen LogP contribution in [0.5, 0.6) is 17.2 Å². The van der Waals surface area contributed by atoms with Gasteiger partial charge in [0.2, 0.25) is 0 Å². The Kier molecular flexibility index (Phi) is 8.99. The largest absolute Gasteiger partial charge is 0.508 e. The third-order valence-corrected chi connectivity index (χ3v) is 7.25. The fraction of sp³-hybridized carbons (Fsp3) is 0.367. The van der Waals surface area contributed by atoms with E-state index in [4.69, 9.17) is 9.47 Å². The zero-order chi connectivity index (χ0) is 29.7. The summed E-state index contributed by atoms with van der Waals surface area (Å²) in [6.45, 7) is 2.58. The number of aliphatic hydroxyl groups excluding tert-OH is 2. The third-order valence-electron chi connectivity index (χ3n) is 7.25. The zero-order valence-corrected chi connectivity index (χ0v) is 22.5. The monoisotopic (exact) mass is 567 g/mol. The summed E-state index contributed by atoms with van der Waals surface area (Å²) in [6.07, 6.45) is 1.09. The Labute approximate surface area is 236 Å². The maximum atomic E-state index is 13.7. The summed E-state index contributed by atoms with van der Waals surface area (Å²) in [5.74, 6) is -3.03. The lowest BCUT2D eigenvalue weighted by molar-refractivity contribution is -0.203. The molecule has 4 atom stereocenters. The summed E-state index contributed by atoms with van der Waals surface area (Å²) in [7, 11) is 0. The molecule has 0 bridgehead atoms. The molecule has 2 aromatic carbocycles. The minimum Gasteiger partial charge on any atom is -0.508 e. The zero-order valence-electron chi connectivity index (χ0n) is 22.5. The number of benzene rings is 2. The second-order valence-corrected chi connectivity index (χ2v) is 10.3. The third kappa shape index (κ3) is 7.05. The number of phenols is 3. The van der Waals surface area contributed by atoms with Crippen molar-refractivity contribution in [3.8, 4) is 17.2 Å². The van der Waals surface area contributed by atoms with E-state index in [1.807, 2.05) is 0 Å². The van der Waals surface area contributed by atoms with E-state index in [-0.39, 0.29) is 23.7 Å². The number of carbonyl (C=O) groups is 3. The molecule has 4 rings (SSSR count). The Morgan fingerprint density at radius 1 is 0.854 bits per heavy atom. The van der Waals surface area contributed by atoms with Gasteiger partial charge in [0, 0.05) is 38.1 Å². The van der Waals surface area contributed by atoms with E-state index < -0.39 is 48.2 Å². The second kappa shape index (κ2) is 12.4. The van der Waals surface area contributed by atoms with Crippen molar-refractivity contribution >= 4 is 30.0 Å². The van der Waals surface area contributed by atoms with Crippen molar-refractivity contribution in [3.63, 3.8) is 0 Å². The van der Waals surface area contributed by atoms with Gasteiger partial charge in [-0.25, -0.2) is 9.59 Å². The van der Waals surface area contributed by atoms with Crippen molar-refractivity contribution in [1.29, 1.82) is 0 Å². The first-order chi connectivity index (χ1) is 19.5. The molecule has 0 radical (unpaired) electrons. The minimum atomic E-state index is -1.92. The SMILES string of the molecule is Cc1ccc(/C=C/C(=O)O[C@@H]2C[C@](OC(=O)/C=C/c3ccc(O)c(O)c3)(C(=O)N3CCCC3)C[C@@H](O)[C@H]2O)cc1O. The van der Waals surface area contributed by atoms with Gasteiger partial charge in [0.15, 0.2) is 17.1 Å². The van der Waals surface area contributed by atoms with Gasteiger partial charge in [-0.05, 0) is 66.8 Å². The summed E-state index contributed by atoms with van der Waals surface area (Å²) in [4.78, 5) is 40.7. The van der Waals surface area contributed by atoms with Gasteiger partial charge in [0.05, 0.1) is 6.10 Å². The van der Waals surface area contributed by atoms with Crippen LogP contribution in [0, 0.1) is 6.92 Å². The highest BCUT2D eigenvalue weighted by Crippen LogP contribution is 2.37. The molecule has 1 aliphatic carbocycles. The highest BCUT2D eigenvalue weighted by Gasteiger charge is 2.55. The molecular weight excluding hydrogens is 534 g/mol. The molecule has 11 nitrogen and oxygen atoms in total. The molecule has 2 fully saturated rings. The number of phenolic OH excluding ortho intramolecular Hbond substituents is 3. The molecule has 0 spiro atoms. The van der Waals surface area contributed by atoms with E-state index >= 15 is 0 Å². The fourth-order valence-electron chi connectivity index (χ4n) is 4.97. The number of aliphatic hydroxyl groups is 2. The maximum Gasteiger partial charge on any atom is 0.331 e. The van der Waals surface area contributed by atoms with E-state index in [2.05, 4.69) is 0 Å². The molecule has 2 aromatic rings. The van der Waals surface area contributed by atoms with Gasteiger partial charge < -0.3 is 39.9 Å². The number of hydrogen-bond donors (Lipinski definition) is 5. The summed E-state index contributed by atoms with van der Waals surface area (Å²) < 4.78 is 11.1. The van der Waals surface area contributed by atoms with E-state index in [1.54, 1.807) is 19.1 Å². The van der Waals surface area contributed by atoms with Crippen molar-refractivity contribution < 1.29 is 49.4 Å². The Morgan fingerprint density at radius 3 is 2.10 bits per heavy atom. The van der Waals surface area contributed by atoms with E-state index in [1.165, 1.54) is 41.3 Å². The highest BCUT2D eigenvalue weighted by molar-refractivity contribution is 5.93. The molecular formula is C30H33NO10. The average molecular weight is 568 g/mol. The topological polar surface area (TPSA) is 174 Å². The molecule has 11 heteroatoms. The van der Waals surface area contributed by atoms with E-state index in [9.17, 15) is 39.9 Å². The number of nitrogens with zero attached hydrogens (tertiary/aromatic N) is 1. The van der Waals surface area contributed by atoms with Crippen LogP contribution >= 0.6 is 0 Å². The van der Waals surface area contributed by atoms with Crippen LogP contribution in [0.25, 0.3) is 12.2 Å². The van der Waals surface area contributed by atoms with Crippen molar-refractivity contribution in [2.75, 3.05) is 13.1 Å². The van der Waals surface area contributed by atoms with Crippen molar-refractivity contribution in [1.82, 2.24) is 4.90 Å². The van der Waals surface area contributed by atoms with Crippen LogP contribution < -0.4 is 0 Å². The predicted octanol–water partition coefficient (Wildman–Crippen LogP) is 2.17. The first-order valence-corrected chi connectivity index (χ1v) is 13.2. The van der Waals surface area contributed by atoms with Gasteiger partial charge in [-0.15, -0.1) is 0 Å². The average Bonchev–Trinajstić information content (AvgIpc) is 3.47. The number of ether oxygens (including phenoxy) is 2. The molecule has 1 amide bonds. The number of aromatic hydroxyl groups is 3. The number of aryl methyl sites for hydroxylation is 1. The van der Waals surface area contributed by atoms with Crippen molar-refractivity contribution in [2.45, 2.75) is 56.5 Å². The first-order valence-electron chi connectivity index (χ1n) is 13.2. The molecule has 1 saturated carbocycles. The normalized spacial score (nSPS) is 24.6. The van der Waals surface area contributed by atoms with Crippen LogP contribution in [-0.2, 0) is 23.9 Å². The van der Waals surface area contributed by atoms with Crippen LogP contribution in [0.2, 0.25) is 0 Å². The molecule has 1 aliphatic heterocycles. The molecule has 1 saturated heterocycles. The smallest absolute Gasteiger partial charge is 0.331 e. The van der Waals surface area contributed by atoms with Crippen LogP contribution in [0.1, 0.15) is 42.4 Å². The molecule has 0 unspecified atom stereocenters. The van der Waals surface area contributed by atoms with Crippen LogP contribution in [-0.4, -0.2) is 85.3 Å². The lowest BCUT2D eigenvalue weighted by Gasteiger charge is -2.44. The Balaban J connectivity index is 1.54. The second-order valence-electron chi connectivity index (χ2n) is 10.3. The number of rotatable bonds is 7. The maximum absolute atomic E-state index is 13.7. The summed E-state index contributed by atoms with van der Waals surface area (Å²) in [6, 6.07) is 8.74. The Hall–Kier alpha value is -4.35. The number of hydrogen-bond acceptors (Lipinski definition) is 10. The molecule has 218 valence electrons. The number of carbonyl (C=O) groups excluding carboxylic acids is 3. The summed E-state index contributed by atoms with van der Waals surface area (Å²) in [5.41, 5.74) is -0.361. The Bertz CT molecular complexity index is 1360. The van der Waals surface area contributed by atoms with Gasteiger partial charge in [0.1, 0.15) is 18.0 Å². The number of likely N-dealkylation sites (tertiary alicyclic amines) is 1.